The summed E-state index contributed by atoms with van der Waals surface area (Å²) in [5, 5.41) is 11.9. The summed E-state index contributed by atoms with van der Waals surface area (Å²) < 4.78 is 11.3. The lowest BCUT2D eigenvalue weighted by molar-refractivity contribution is -0.384. The van der Waals surface area contributed by atoms with Gasteiger partial charge in [-0.1, -0.05) is 23.7 Å². The molecule has 4 aromatic rings. The van der Waals surface area contributed by atoms with E-state index in [9.17, 15) is 14.9 Å². The van der Waals surface area contributed by atoms with Crippen molar-refractivity contribution in [2.75, 3.05) is 0 Å². The molecule has 0 atom stereocenters. The standard InChI is InChI=1S/C24H16ClNO5/c1-15-14-16(6-9-19(15)25)22-12-13-24(31-22)21(27)10-7-17-8-11-23(30-17)18-4-2-3-5-20(18)26(28)29/h2-14H,1H3. The van der Waals surface area contributed by atoms with Crippen LogP contribution in [0.3, 0.4) is 0 Å². The van der Waals surface area contributed by atoms with Crippen molar-refractivity contribution < 1.29 is 18.6 Å². The Bertz CT molecular complexity index is 1320. The van der Waals surface area contributed by atoms with Crippen LogP contribution in [-0.2, 0) is 0 Å². The molecule has 0 aliphatic rings. The summed E-state index contributed by atoms with van der Waals surface area (Å²) in [6, 6.07) is 18.4. The van der Waals surface area contributed by atoms with Crippen molar-refractivity contribution in [3.05, 3.63) is 105 Å². The summed E-state index contributed by atoms with van der Waals surface area (Å²) >= 11 is 6.05. The maximum atomic E-state index is 12.5. The summed E-state index contributed by atoms with van der Waals surface area (Å²) in [4.78, 5) is 23.2. The molecular formula is C24H16ClNO5. The number of nitrogens with zero attached hydrogens (tertiary/aromatic N) is 1. The quantitative estimate of drug-likeness (QED) is 0.142. The minimum atomic E-state index is -0.465. The number of furan rings is 2. The van der Waals surface area contributed by atoms with Crippen molar-refractivity contribution in [2.45, 2.75) is 6.92 Å². The predicted molar refractivity (Wildman–Crippen MR) is 118 cm³/mol. The lowest BCUT2D eigenvalue weighted by Crippen LogP contribution is -1.90. The molecule has 0 saturated heterocycles. The summed E-state index contributed by atoms with van der Waals surface area (Å²) in [5.41, 5.74) is 2.05. The van der Waals surface area contributed by atoms with Gasteiger partial charge in [-0.25, -0.2) is 0 Å². The second kappa shape index (κ2) is 8.45. The van der Waals surface area contributed by atoms with Gasteiger partial charge in [0.2, 0.25) is 5.78 Å². The van der Waals surface area contributed by atoms with Gasteiger partial charge in [0.15, 0.2) is 5.76 Å². The maximum Gasteiger partial charge on any atom is 0.280 e. The minimum Gasteiger partial charge on any atom is -0.456 e. The van der Waals surface area contributed by atoms with Gasteiger partial charge in [0.25, 0.3) is 5.69 Å². The molecule has 2 aromatic carbocycles. The third-order valence-corrected chi connectivity index (χ3v) is 5.11. The van der Waals surface area contributed by atoms with E-state index >= 15 is 0 Å². The van der Waals surface area contributed by atoms with Crippen molar-refractivity contribution in [1.29, 1.82) is 0 Å². The van der Waals surface area contributed by atoms with E-state index in [0.717, 1.165) is 11.1 Å². The van der Waals surface area contributed by atoms with E-state index in [-0.39, 0.29) is 17.2 Å². The number of allylic oxidation sites excluding steroid dienone is 1. The zero-order chi connectivity index (χ0) is 22.0. The lowest BCUT2D eigenvalue weighted by Gasteiger charge is -2.01. The van der Waals surface area contributed by atoms with Gasteiger partial charge < -0.3 is 8.83 Å². The molecule has 6 nitrogen and oxygen atoms in total. The number of para-hydroxylation sites is 1. The number of rotatable bonds is 6. The molecule has 0 amide bonds. The second-order valence-electron chi connectivity index (χ2n) is 6.80. The molecule has 0 fully saturated rings. The Balaban J connectivity index is 1.51. The first-order valence-corrected chi connectivity index (χ1v) is 9.72. The normalized spacial score (nSPS) is 11.2. The van der Waals surface area contributed by atoms with Crippen LogP contribution in [0.25, 0.3) is 28.7 Å². The van der Waals surface area contributed by atoms with Crippen LogP contribution in [0.2, 0.25) is 5.02 Å². The largest absolute Gasteiger partial charge is 0.456 e. The number of aryl methyl sites for hydroxylation is 1. The van der Waals surface area contributed by atoms with Crippen molar-refractivity contribution in [3.8, 4) is 22.6 Å². The summed E-state index contributed by atoms with van der Waals surface area (Å²) in [7, 11) is 0. The van der Waals surface area contributed by atoms with Crippen LogP contribution in [0.1, 0.15) is 21.9 Å². The summed E-state index contributed by atoms with van der Waals surface area (Å²) in [5.74, 6) is 1.15. The molecule has 7 heteroatoms. The maximum absolute atomic E-state index is 12.5. The number of ketones is 1. The Morgan fingerprint density at radius 3 is 2.55 bits per heavy atom. The Hall–Kier alpha value is -3.90. The Morgan fingerprint density at radius 2 is 1.77 bits per heavy atom. The van der Waals surface area contributed by atoms with Gasteiger partial charge in [0.05, 0.1) is 10.5 Å². The van der Waals surface area contributed by atoms with Gasteiger partial charge in [-0.3, -0.25) is 14.9 Å². The van der Waals surface area contributed by atoms with Crippen LogP contribution in [-0.4, -0.2) is 10.7 Å². The zero-order valence-corrected chi connectivity index (χ0v) is 17.1. The Morgan fingerprint density at radius 1 is 1.00 bits per heavy atom. The average molecular weight is 434 g/mol. The van der Waals surface area contributed by atoms with E-state index in [4.69, 9.17) is 20.4 Å². The highest BCUT2D eigenvalue weighted by Gasteiger charge is 2.17. The van der Waals surface area contributed by atoms with Gasteiger partial charge in [-0.2, -0.15) is 0 Å². The number of carbonyl (C=O) groups is 1. The SMILES string of the molecule is Cc1cc(-c2ccc(C(=O)C=Cc3ccc(-c4ccccc4[N+](=O)[O-])o3)o2)ccc1Cl. The zero-order valence-electron chi connectivity index (χ0n) is 16.4. The molecular weight excluding hydrogens is 418 g/mol. The molecule has 4 rings (SSSR count). The number of carbonyl (C=O) groups excluding carboxylic acids is 1. The first kappa shape index (κ1) is 20.4. The number of benzene rings is 2. The van der Waals surface area contributed by atoms with Crippen LogP contribution in [0.5, 0.6) is 0 Å². The number of nitro groups is 1. The first-order chi connectivity index (χ1) is 14.9. The molecule has 2 heterocycles. The van der Waals surface area contributed by atoms with Crippen LogP contribution in [0.15, 0.2) is 81.6 Å². The third kappa shape index (κ3) is 4.34. The molecule has 0 aliphatic carbocycles. The first-order valence-electron chi connectivity index (χ1n) is 9.35. The van der Waals surface area contributed by atoms with Gasteiger partial charge in [0, 0.05) is 16.7 Å². The highest BCUT2D eigenvalue weighted by molar-refractivity contribution is 6.31. The molecule has 31 heavy (non-hydrogen) atoms. The fraction of sp³-hybridized carbons (Fsp3) is 0.0417. The van der Waals surface area contributed by atoms with Gasteiger partial charge in [0.1, 0.15) is 17.3 Å². The van der Waals surface area contributed by atoms with E-state index in [0.29, 0.717) is 27.9 Å². The summed E-state index contributed by atoms with van der Waals surface area (Å²) in [6.07, 6.45) is 2.83. The van der Waals surface area contributed by atoms with Gasteiger partial charge in [-0.15, -0.1) is 0 Å². The minimum absolute atomic E-state index is 0.0518. The fourth-order valence-electron chi connectivity index (χ4n) is 3.09. The van der Waals surface area contributed by atoms with Crippen LogP contribution >= 0.6 is 11.6 Å². The molecule has 0 spiro atoms. The molecule has 0 aliphatic heterocycles. The van der Waals surface area contributed by atoms with Crippen LogP contribution in [0.4, 0.5) is 5.69 Å². The van der Waals surface area contributed by atoms with E-state index in [1.165, 1.54) is 18.2 Å². The fourth-order valence-corrected chi connectivity index (χ4v) is 3.21. The summed E-state index contributed by atoms with van der Waals surface area (Å²) in [6.45, 7) is 1.89. The highest BCUT2D eigenvalue weighted by atomic mass is 35.5. The Kier molecular flexibility index (Phi) is 5.56. The molecule has 0 saturated carbocycles. The number of hydrogen-bond acceptors (Lipinski definition) is 5. The lowest BCUT2D eigenvalue weighted by atomic mass is 10.1. The Labute approximate surface area is 182 Å². The van der Waals surface area contributed by atoms with E-state index in [1.54, 1.807) is 48.5 Å². The van der Waals surface area contributed by atoms with Gasteiger partial charge in [-0.05, 0) is 73.2 Å². The molecule has 0 N–H and O–H groups in total. The van der Waals surface area contributed by atoms with Crippen molar-refractivity contribution in [1.82, 2.24) is 0 Å². The molecule has 0 unspecified atom stereocenters. The van der Waals surface area contributed by atoms with E-state index in [1.807, 2.05) is 19.1 Å². The topological polar surface area (TPSA) is 86.5 Å². The van der Waals surface area contributed by atoms with Crippen molar-refractivity contribution in [2.24, 2.45) is 0 Å². The predicted octanol–water partition coefficient (Wildman–Crippen LogP) is 6.97. The number of hydrogen-bond donors (Lipinski definition) is 0. The molecule has 0 bridgehead atoms. The van der Waals surface area contributed by atoms with Crippen molar-refractivity contribution in [3.63, 3.8) is 0 Å². The van der Waals surface area contributed by atoms with Crippen molar-refractivity contribution >= 4 is 29.1 Å². The molecule has 154 valence electrons. The van der Waals surface area contributed by atoms with Crippen LogP contribution < -0.4 is 0 Å². The smallest absolute Gasteiger partial charge is 0.280 e. The van der Waals surface area contributed by atoms with Crippen LogP contribution in [0, 0.1) is 17.0 Å². The van der Waals surface area contributed by atoms with Gasteiger partial charge >= 0.3 is 0 Å². The second-order valence-corrected chi connectivity index (χ2v) is 7.21. The molecule has 0 radical (unpaired) electrons. The molecule has 2 aromatic heterocycles. The monoisotopic (exact) mass is 433 g/mol. The third-order valence-electron chi connectivity index (χ3n) is 4.68. The average Bonchev–Trinajstić information content (AvgIpc) is 3.44. The number of nitro benzene ring substituents is 1. The van der Waals surface area contributed by atoms with E-state index < -0.39 is 4.92 Å². The number of halogens is 1. The van der Waals surface area contributed by atoms with E-state index in [2.05, 4.69) is 0 Å². The highest BCUT2D eigenvalue weighted by Crippen LogP contribution is 2.31.